The van der Waals surface area contributed by atoms with E-state index in [2.05, 4.69) is 27.8 Å². The number of halogens is 3. The summed E-state index contributed by atoms with van der Waals surface area (Å²) >= 11 is 0. The minimum atomic E-state index is -4.36. The van der Waals surface area contributed by atoms with Crippen LogP contribution >= 0.6 is 0 Å². The lowest BCUT2D eigenvalue weighted by Crippen LogP contribution is -2.43. The second-order valence-corrected chi connectivity index (χ2v) is 8.14. The number of carbonyl (C=O) groups is 2. The van der Waals surface area contributed by atoms with E-state index in [4.69, 9.17) is 0 Å². The number of amides is 2. The maximum atomic E-state index is 12.7. The van der Waals surface area contributed by atoms with Gasteiger partial charge in [-0.25, -0.2) is 4.99 Å². The first-order valence-corrected chi connectivity index (χ1v) is 10.5. The first-order valence-electron chi connectivity index (χ1n) is 10.5. The van der Waals surface area contributed by atoms with Gasteiger partial charge in [0.1, 0.15) is 0 Å². The zero-order valence-electron chi connectivity index (χ0n) is 17.2. The Morgan fingerprint density at radius 3 is 2.23 bits per heavy atom. The number of nitrogens with one attached hydrogen (secondary N) is 2. The molecule has 1 aromatic rings. The van der Waals surface area contributed by atoms with Gasteiger partial charge in [0.2, 0.25) is 11.8 Å². The summed E-state index contributed by atoms with van der Waals surface area (Å²) in [7, 11) is 0. The van der Waals surface area contributed by atoms with Crippen molar-refractivity contribution in [2.75, 3.05) is 19.6 Å². The lowest BCUT2D eigenvalue weighted by atomic mass is 9.85. The number of rotatable bonds is 6. The third kappa shape index (κ3) is 4.18. The number of benzene rings is 1. The Bertz CT molecular complexity index is 880. The first kappa shape index (κ1) is 21.4. The number of guanidine groups is 1. The molecular formula is C22H25F3N4O2. The van der Waals surface area contributed by atoms with Crippen molar-refractivity contribution < 1.29 is 22.8 Å². The zero-order chi connectivity index (χ0) is 22.2. The molecule has 2 N–H and O–H groups in total. The van der Waals surface area contributed by atoms with Gasteiger partial charge in [-0.2, -0.15) is 13.2 Å². The summed E-state index contributed by atoms with van der Waals surface area (Å²) < 4.78 is 38.0. The minimum absolute atomic E-state index is 0.0830. The van der Waals surface area contributed by atoms with Crippen molar-refractivity contribution in [3.63, 3.8) is 0 Å². The molecular weight excluding hydrogens is 409 g/mol. The van der Waals surface area contributed by atoms with Gasteiger partial charge in [0.15, 0.2) is 5.96 Å². The number of allylic oxidation sites excluding steroid dienone is 2. The molecule has 0 aromatic heterocycles. The molecule has 9 heteroatoms. The van der Waals surface area contributed by atoms with Crippen molar-refractivity contribution >= 4 is 17.8 Å². The summed E-state index contributed by atoms with van der Waals surface area (Å²) in [6.45, 7) is 3.30. The molecule has 1 aliphatic heterocycles. The van der Waals surface area contributed by atoms with Gasteiger partial charge >= 0.3 is 6.18 Å². The Morgan fingerprint density at radius 2 is 1.68 bits per heavy atom. The Labute approximate surface area is 178 Å². The highest BCUT2D eigenvalue weighted by Gasteiger charge is 2.58. The van der Waals surface area contributed by atoms with E-state index < -0.39 is 11.7 Å². The summed E-state index contributed by atoms with van der Waals surface area (Å²) in [6, 6.07) is 4.88. The lowest BCUT2D eigenvalue weighted by Gasteiger charge is -2.18. The van der Waals surface area contributed by atoms with Gasteiger partial charge in [-0.05, 0) is 42.9 Å². The molecule has 2 amide bonds. The minimum Gasteiger partial charge on any atom is -0.357 e. The van der Waals surface area contributed by atoms with Crippen LogP contribution in [0.4, 0.5) is 13.2 Å². The highest BCUT2D eigenvalue weighted by atomic mass is 19.4. The molecule has 2 bridgehead atoms. The Kier molecular flexibility index (Phi) is 5.77. The highest BCUT2D eigenvalue weighted by Crippen LogP contribution is 2.52. The fourth-order valence-electron chi connectivity index (χ4n) is 4.78. The van der Waals surface area contributed by atoms with Crippen LogP contribution < -0.4 is 10.6 Å². The molecule has 1 saturated carbocycles. The smallest absolute Gasteiger partial charge is 0.357 e. The highest BCUT2D eigenvalue weighted by molar-refractivity contribution is 6.06. The van der Waals surface area contributed by atoms with Crippen molar-refractivity contribution in [3.05, 3.63) is 47.5 Å². The molecule has 1 aromatic carbocycles. The summed E-state index contributed by atoms with van der Waals surface area (Å²) in [5, 5.41) is 6.16. The number of carbonyl (C=O) groups excluding carboxylic acids is 2. The standard InChI is InChI=1S/C22H25F3N4O2/c1-2-26-21(28-12-13-3-7-16(8-4-13)22(23,24)25)27-9-10-29-19(30)17-14-5-6-15(11-14)18(17)20(29)31/h3-8,14-15,17-18H,2,9-12H2,1H3,(H2,26,27,28). The maximum absolute atomic E-state index is 12.7. The summed E-state index contributed by atoms with van der Waals surface area (Å²) in [5.74, 6) is 0.274. The molecule has 4 rings (SSSR count). The fraction of sp³-hybridized carbons (Fsp3) is 0.500. The number of aliphatic imine (C=N–C) groups is 1. The Hall–Kier alpha value is -2.84. The van der Waals surface area contributed by atoms with Crippen molar-refractivity contribution in [2.45, 2.75) is 26.1 Å². The van der Waals surface area contributed by atoms with E-state index in [1.54, 1.807) is 0 Å². The molecule has 31 heavy (non-hydrogen) atoms. The number of nitrogens with zero attached hydrogens (tertiary/aromatic N) is 2. The predicted octanol–water partition coefficient (Wildman–Crippen LogP) is 2.57. The van der Waals surface area contributed by atoms with Gasteiger partial charge in [0.05, 0.1) is 23.9 Å². The average Bonchev–Trinajstić information content (AvgIpc) is 3.41. The van der Waals surface area contributed by atoms with Crippen LogP contribution in [0.1, 0.15) is 24.5 Å². The third-order valence-corrected chi connectivity index (χ3v) is 6.23. The SMILES string of the molecule is CCNC(=NCc1ccc(C(F)(F)F)cc1)NCCN1C(=O)C2C3C=CC(C3)C2C1=O. The molecule has 4 atom stereocenters. The first-order chi connectivity index (χ1) is 14.8. The maximum Gasteiger partial charge on any atom is 0.416 e. The monoisotopic (exact) mass is 434 g/mol. The third-order valence-electron chi connectivity index (χ3n) is 6.23. The number of fused-ring (bicyclic) bond motifs is 5. The number of hydrogen-bond acceptors (Lipinski definition) is 3. The van der Waals surface area contributed by atoms with Gasteiger partial charge in [-0.1, -0.05) is 24.3 Å². The van der Waals surface area contributed by atoms with Crippen LogP contribution in [-0.4, -0.2) is 42.3 Å². The van der Waals surface area contributed by atoms with Crippen LogP contribution in [-0.2, 0) is 22.3 Å². The normalized spacial score (nSPS) is 27.2. The van der Waals surface area contributed by atoms with Gasteiger partial charge < -0.3 is 10.6 Å². The van der Waals surface area contributed by atoms with Gasteiger partial charge in [-0.3, -0.25) is 14.5 Å². The molecule has 0 radical (unpaired) electrons. The molecule has 166 valence electrons. The Morgan fingerprint density at radius 1 is 1.06 bits per heavy atom. The molecule has 3 aliphatic rings. The van der Waals surface area contributed by atoms with E-state index in [9.17, 15) is 22.8 Å². The summed E-state index contributed by atoms with van der Waals surface area (Å²) in [6.07, 6.45) is 0.669. The molecule has 1 saturated heterocycles. The van der Waals surface area contributed by atoms with Crippen LogP contribution in [0.3, 0.4) is 0 Å². The van der Waals surface area contributed by atoms with Crippen molar-refractivity contribution in [1.29, 1.82) is 0 Å². The topological polar surface area (TPSA) is 73.8 Å². The molecule has 2 aliphatic carbocycles. The molecule has 4 unspecified atom stereocenters. The number of hydrogen-bond donors (Lipinski definition) is 2. The molecule has 0 spiro atoms. The van der Waals surface area contributed by atoms with E-state index in [1.807, 2.05) is 6.92 Å². The van der Waals surface area contributed by atoms with E-state index in [0.717, 1.165) is 18.6 Å². The van der Waals surface area contributed by atoms with Crippen LogP contribution in [0.15, 0.2) is 41.4 Å². The lowest BCUT2D eigenvalue weighted by molar-refractivity contribution is -0.140. The second-order valence-electron chi connectivity index (χ2n) is 8.14. The van der Waals surface area contributed by atoms with Crippen LogP contribution in [0.25, 0.3) is 0 Å². The van der Waals surface area contributed by atoms with Crippen LogP contribution in [0.2, 0.25) is 0 Å². The largest absolute Gasteiger partial charge is 0.416 e. The summed E-state index contributed by atoms with van der Waals surface area (Å²) in [4.78, 5) is 31.2. The zero-order valence-corrected chi connectivity index (χ0v) is 17.2. The van der Waals surface area contributed by atoms with E-state index in [1.165, 1.54) is 17.0 Å². The number of likely N-dealkylation sites (tertiary alicyclic amines) is 1. The van der Waals surface area contributed by atoms with E-state index in [0.29, 0.717) is 24.6 Å². The molecule has 1 heterocycles. The van der Waals surface area contributed by atoms with Crippen LogP contribution in [0.5, 0.6) is 0 Å². The quantitative estimate of drug-likeness (QED) is 0.312. The Balaban J connectivity index is 1.32. The van der Waals surface area contributed by atoms with Gasteiger partial charge in [0, 0.05) is 19.6 Å². The van der Waals surface area contributed by atoms with Crippen molar-refractivity contribution in [1.82, 2.24) is 15.5 Å². The predicted molar refractivity (Wildman–Crippen MR) is 109 cm³/mol. The summed E-state index contributed by atoms with van der Waals surface area (Å²) in [5.41, 5.74) is -0.0514. The van der Waals surface area contributed by atoms with Gasteiger partial charge in [0.25, 0.3) is 0 Å². The van der Waals surface area contributed by atoms with Crippen LogP contribution in [0, 0.1) is 23.7 Å². The fourth-order valence-corrected chi connectivity index (χ4v) is 4.78. The van der Waals surface area contributed by atoms with Crippen molar-refractivity contribution in [3.8, 4) is 0 Å². The van der Waals surface area contributed by atoms with Crippen molar-refractivity contribution in [2.24, 2.45) is 28.7 Å². The van der Waals surface area contributed by atoms with E-state index >= 15 is 0 Å². The average molecular weight is 434 g/mol. The molecule has 6 nitrogen and oxygen atoms in total. The van der Waals surface area contributed by atoms with Gasteiger partial charge in [-0.15, -0.1) is 0 Å². The number of imide groups is 1. The second kappa shape index (κ2) is 8.36. The van der Waals surface area contributed by atoms with E-state index in [-0.39, 0.29) is 48.6 Å². The molecule has 2 fully saturated rings. The number of alkyl halides is 3.